The molecule has 1 unspecified atom stereocenters. The van der Waals surface area contributed by atoms with Crippen molar-refractivity contribution in [3.8, 4) is 0 Å². The SMILES string of the molecule is CC(C)c1cc2c(oc3ccccc32)c(C(C)C)c1C1C=CN=C1c1ccccc1. The third kappa shape index (κ3) is 2.90. The Morgan fingerprint density at radius 1 is 0.833 bits per heavy atom. The summed E-state index contributed by atoms with van der Waals surface area (Å²) in [6.45, 7) is 9.12. The van der Waals surface area contributed by atoms with Gasteiger partial charge in [0, 0.05) is 28.5 Å². The Balaban J connectivity index is 1.84. The molecule has 0 amide bonds. The summed E-state index contributed by atoms with van der Waals surface area (Å²) in [4.78, 5) is 4.79. The molecule has 0 saturated carbocycles. The number of nitrogens with zero attached hydrogens (tertiary/aromatic N) is 1. The summed E-state index contributed by atoms with van der Waals surface area (Å²) in [6, 6.07) is 21.3. The van der Waals surface area contributed by atoms with Crippen LogP contribution in [0.1, 0.15) is 67.7 Å². The molecule has 1 aliphatic heterocycles. The van der Waals surface area contributed by atoms with Gasteiger partial charge in [-0.3, -0.25) is 4.99 Å². The van der Waals surface area contributed by atoms with E-state index in [1.165, 1.54) is 33.0 Å². The molecule has 0 radical (unpaired) electrons. The highest BCUT2D eigenvalue weighted by Gasteiger charge is 2.30. The van der Waals surface area contributed by atoms with E-state index in [0.717, 1.165) is 16.9 Å². The number of para-hydroxylation sites is 1. The van der Waals surface area contributed by atoms with Crippen molar-refractivity contribution in [2.75, 3.05) is 0 Å². The van der Waals surface area contributed by atoms with E-state index in [1.807, 2.05) is 12.3 Å². The van der Waals surface area contributed by atoms with E-state index in [4.69, 9.17) is 9.41 Å². The number of rotatable bonds is 4. The van der Waals surface area contributed by atoms with E-state index in [-0.39, 0.29) is 5.92 Å². The first-order valence-electron chi connectivity index (χ1n) is 10.8. The fourth-order valence-corrected chi connectivity index (χ4v) is 4.79. The smallest absolute Gasteiger partial charge is 0.139 e. The van der Waals surface area contributed by atoms with Crippen LogP contribution in [-0.2, 0) is 0 Å². The normalized spacial score (nSPS) is 16.3. The monoisotopic (exact) mass is 393 g/mol. The molecule has 0 spiro atoms. The summed E-state index contributed by atoms with van der Waals surface area (Å²) < 4.78 is 6.46. The van der Waals surface area contributed by atoms with Crippen LogP contribution in [0.25, 0.3) is 21.9 Å². The Morgan fingerprint density at radius 2 is 1.57 bits per heavy atom. The lowest BCUT2D eigenvalue weighted by Crippen LogP contribution is -2.15. The van der Waals surface area contributed by atoms with Crippen LogP contribution in [0.2, 0.25) is 0 Å². The molecule has 1 atom stereocenters. The maximum absolute atomic E-state index is 6.46. The lowest BCUT2D eigenvalue weighted by atomic mass is 9.78. The van der Waals surface area contributed by atoms with E-state index >= 15 is 0 Å². The van der Waals surface area contributed by atoms with E-state index in [1.54, 1.807) is 0 Å². The topological polar surface area (TPSA) is 25.5 Å². The third-order valence-corrected chi connectivity index (χ3v) is 6.15. The van der Waals surface area contributed by atoms with Crippen LogP contribution in [0.5, 0.6) is 0 Å². The van der Waals surface area contributed by atoms with Crippen molar-refractivity contribution in [1.29, 1.82) is 0 Å². The Labute approximate surface area is 177 Å². The van der Waals surface area contributed by atoms with Crippen LogP contribution < -0.4 is 0 Å². The molecule has 1 aromatic heterocycles. The Kier molecular flexibility index (Phi) is 4.58. The Hall–Kier alpha value is -3.13. The second kappa shape index (κ2) is 7.28. The average molecular weight is 394 g/mol. The van der Waals surface area contributed by atoms with E-state index < -0.39 is 0 Å². The molecule has 2 heteroatoms. The van der Waals surface area contributed by atoms with Crippen LogP contribution in [0.3, 0.4) is 0 Å². The molecule has 2 nitrogen and oxygen atoms in total. The quantitative estimate of drug-likeness (QED) is 0.345. The molecule has 0 saturated heterocycles. The van der Waals surface area contributed by atoms with Crippen molar-refractivity contribution in [3.63, 3.8) is 0 Å². The van der Waals surface area contributed by atoms with Crippen LogP contribution in [0.15, 0.2) is 82.3 Å². The highest BCUT2D eigenvalue weighted by Crippen LogP contribution is 2.44. The molecule has 4 aromatic rings. The third-order valence-electron chi connectivity index (χ3n) is 6.15. The van der Waals surface area contributed by atoms with Crippen molar-refractivity contribution in [3.05, 3.63) is 95.2 Å². The highest BCUT2D eigenvalue weighted by molar-refractivity contribution is 6.11. The number of fused-ring (bicyclic) bond motifs is 3. The van der Waals surface area contributed by atoms with E-state index in [0.29, 0.717) is 11.8 Å². The van der Waals surface area contributed by atoms with Crippen LogP contribution in [0.4, 0.5) is 0 Å². The zero-order valence-electron chi connectivity index (χ0n) is 18.0. The predicted octanol–water partition coefficient (Wildman–Crippen LogP) is 7.93. The molecular weight excluding hydrogens is 366 g/mol. The van der Waals surface area contributed by atoms with Gasteiger partial charge in [-0.15, -0.1) is 0 Å². The van der Waals surface area contributed by atoms with Gasteiger partial charge in [0.15, 0.2) is 0 Å². The molecule has 3 aromatic carbocycles. The van der Waals surface area contributed by atoms with Gasteiger partial charge in [0.2, 0.25) is 0 Å². The fourth-order valence-electron chi connectivity index (χ4n) is 4.79. The largest absolute Gasteiger partial charge is 0.456 e. The molecule has 30 heavy (non-hydrogen) atoms. The van der Waals surface area contributed by atoms with Crippen LogP contribution in [-0.4, -0.2) is 5.71 Å². The van der Waals surface area contributed by atoms with Gasteiger partial charge in [0.05, 0.1) is 5.71 Å². The molecule has 0 aliphatic carbocycles. The second-order valence-electron chi connectivity index (χ2n) is 8.78. The van der Waals surface area contributed by atoms with Gasteiger partial charge in [-0.1, -0.05) is 82.3 Å². The van der Waals surface area contributed by atoms with Crippen LogP contribution in [0, 0.1) is 0 Å². The summed E-state index contributed by atoms with van der Waals surface area (Å²) in [5.41, 5.74) is 8.35. The minimum Gasteiger partial charge on any atom is -0.456 e. The summed E-state index contributed by atoms with van der Waals surface area (Å²) in [6.07, 6.45) is 4.20. The molecule has 0 bridgehead atoms. The number of aliphatic imine (C=N–C) groups is 1. The minimum absolute atomic E-state index is 0.139. The number of hydrogen-bond acceptors (Lipinski definition) is 2. The van der Waals surface area contributed by atoms with Gasteiger partial charge in [-0.05, 0) is 40.7 Å². The van der Waals surface area contributed by atoms with Gasteiger partial charge in [-0.25, -0.2) is 0 Å². The molecule has 5 rings (SSSR count). The first kappa shape index (κ1) is 18.9. The Morgan fingerprint density at radius 3 is 2.30 bits per heavy atom. The Bertz CT molecular complexity index is 1290. The molecule has 150 valence electrons. The predicted molar refractivity (Wildman–Crippen MR) is 127 cm³/mol. The molecular formula is C28H27NO. The van der Waals surface area contributed by atoms with Crippen molar-refractivity contribution >= 4 is 27.7 Å². The van der Waals surface area contributed by atoms with Crippen LogP contribution >= 0.6 is 0 Å². The molecule has 0 N–H and O–H groups in total. The van der Waals surface area contributed by atoms with E-state index in [2.05, 4.69) is 88.4 Å². The van der Waals surface area contributed by atoms with Gasteiger partial charge < -0.3 is 4.42 Å². The summed E-state index contributed by atoms with van der Waals surface area (Å²) in [5.74, 6) is 0.884. The second-order valence-corrected chi connectivity index (χ2v) is 8.78. The summed E-state index contributed by atoms with van der Waals surface area (Å²) >= 11 is 0. The first-order valence-corrected chi connectivity index (χ1v) is 10.8. The first-order chi connectivity index (χ1) is 14.6. The summed E-state index contributed by atoms with van der Waals surface area (Å²) in [5, 5.41) is 2.42. The van der Waals surface area contributed by atoms with Gasteiger partial charge in [-0.2, -0.15) is 0 Å². The van der Waals surface area contributed by atoms with Crippen molar-refractivity contribution in [2.24, 2.45) is 4.99 Å². The van der Waals surface area contributed by atoms with Gasteiger partial charge in [0.25, 0.3) is 0 Å². The zero-order chi connectivity index (χ0) is 20.8. The summed E-state index contributed by atoms with van der Waals surface area (Å²) in [7, 11) is 0. The average Bonchev–Trinajstić information content (AvgIpc) is 3.37. The highest BCUT2D eigenvalue weighted by atomic mass is 16.3. The number of benzene rings is 3. The van der Waals surface area contributed by atoms with Gasteiger partial charge >= 0.3 is 0 Å². The van der Waals surface area contributed by atoms with Crippen molar-refractivity contribution < 1.29 is 4.42 Å². The number of hydrogen-bond donors (Lipinski definition) is 0. The lowest BCUT2D eigenvalue weighted by Gasteiger charge is -2.25. The van der Waals surface area contributed by atoms with E-state index in [9.17, 15) is 0 Å². The zero-order valence-corrected chi connectivity index (χ0v) is 18.0. The number of allylic oxidation sites excluding steroid dienone is 1. The minimum atomic E-state index is 0.139. The molecule has 2 heterocycles. The standard InChI is InChI=1S/C28H27NO/c1-17(2)22-16-23-20-12-8-9-13-24(20)30-28(23)25(18(3)4)26(22)21-14-15-29-27(21)19-10-6-5-7-11-19/h5-18,21H,1-4H3. The molecule has 0 fully saturated rings. The van der Waals surface area contributed by atoms with Crippen molar-refractivity contribution in [2.45, 2.75) is 45.4 Å². The van der Waals surface area contributed by atoms with Crippen molar-refractivity contribution in [1.82, 2.24) is 0 Å². The lowest BCUT2D eigenvalue weighted by molar-refractivity contribution is 0.653. The van der Waals surface area contributed by atoms with Gasteiger partial charge in [0.1, 0.15) is 11.2 Å². The maximum Gasteiger partial charge on any atom is 0.139 e. The maximum atomic E-state index is 6.46. The fraction of sp³-hybridized carbons (Fsp3) is 0.250. The number of furan rings is 1. The molecule has 1 aliphatic rings.